The van der Waals surface area contributed by atoms with Crippen molar-refractivity contribution in [3.8, 4) is 0 Å². The highest BCUT2D eigenvalue weighted by atomic mass is 32.2. The summed E-state index contributed by atoms with van der Waals surface area (Å²) in [5.74, 6) is 2.15. The average Bonchev–Trinajstić information content (AvgIpc) is 2.49. The standard InChI is InChI=1S/C17H34O3S/c1-3-5-6-7-8-9-12-19-13-14-20-17(18)11-10-16-21-15-4-2/h3-16H2,1-2H3. The quantitative estimate of drug-likeness (QED) is 0.302. The third kappa shape index (κ3) is 17.7. The first-order valence-corrected chi connectivity index (χ1v) is 9.77. The summed E-state index contributed by atoms with van der Waals surface area (Å²) in [5.41, 5.74) is 0. The summed E-state index contributed by atoms with van der Waals surface area (Å²) >= 11 is 1.91. The molecule has 0 aliphatic heterocycles. The van der Waals surface area contributed by atoms with Gasteiger partial charge in [0.2, 0.25) is 0 Å². The Labute approximate surface area is 135 Å². The summed E-state index contributed by atoms with van der Waals surface area (Å²) in [5, 5.41) is 0. The lowest BCUT2D eigenvalue weighted by molar-refractivity contribution is -0.145. The summed E-state index contributed by atoms with van der Waals surface area (Å²) in [6.45, 7) is 6.13. The first kappa shape index (κ1) is 20.8. The molecule has 126 valence electrons. The van der Waals surface area contributed by atoms with Crippen LogP contribution < -0.4 is 0 Å². The van der Waals surface area contributed by atoms with Gasteiger partial charge < -0.3 is 9.47 Å². The monoisotopic (exact) mass is 318 g/mol. The number of esters is 1. The van der Waals surface area contributed by atoms with Crippen LogP contribution >= 0.6 is 11.8 Å². The predicted octanol–water partition coefficient (Wildman–Crippen LogP) is 4.83. The first-order chi connectivity index (χ1) is 10.3. The van der Waals surface area contributed by atoms with Gasteiger partial charge in [-0.25, -0.2) is 0 Å². The Hall–Kier alpha value is -0.220. The molecule has 0 heterocycles. The minimum absolute atomic E-state index is 0.0877. The van der Waals surface area contributed by atoms with Crippen molar-refractivity contribution in [3.63, 3.8) is 0 Å². The van der Waals surface area contributed by atoms with Gasteiger partial charge in [-0.2, -0.15) is 11.8 Å². The second-order valence-electron chi connectivity index (χ2n) is 5.32. The normalized spacial score (nSPS) is 10.8. The molecule has 3 nitrogen and oxygen atoms in total. The fraction of sp³-hybridized carbons (Fsp3) is 0.941. The summed E-state index contributed by atoms with van der Waals surface area (Å²) in [6.07, 6.45) is 10.3. The highest BCUT2D eigenvalue weighted by molar-refractivity contribution is 7.99. The number of hydrogen-bond donors (Lipinski definition) is 0. The molecular weight excluding hydrogens is 284 g/mol. The van der Waals surface area contributed by atoms with E-state index in [1.54, 1.807) is 0 Å². The molecule has 0 fully saturated rings. The van der Waals surface area contributed by atoms with Crippen molar-refractivity contribution < 1.29 is 14.3 Å². The van der Waals surface area contributed by atoms with Gasteiger partial charge in [0.05, 0.1) is 6.61 Å². The van der Waals surface area contributed by atoms with E-state index in [2.05, 4.69) is 13.8 Å². The van der Waals surface area contributed by atoms with E-state index in [0.29, 0.717) is 19.6 Å². The lowest BCUT2D eigenvalue weighted by atomic mass is 10.1. The molecule has 21 heavy (non-hydrogen) atoms. The molecule has 0 aromatic heterocycles. The van der Waals surface area contributed by atoms with Gasteiger partial charge in [0.1, 0.15) is 6.61 Å². The average molecular weight is 319 g/mol. The van der Waals surface area contributed by atoms with E-state index in [1.807, 2.05) is 11.8 Å². The first-order valence-electron chi connectivity index (χ1n) is 8.62. The van der Waals surface area contributed by atoms with Crippen LogP contribution in [0.5, 0.6) is 0 Å². The fourth-order valence-electron chi connectivity index (χ4n) is 1.94. The van der Waals surface area contributed by atoms with E-state index in [-0.39, 0.29) is 5.97 Å². The van der Waals surface area contributed by atoms with Gasteiger partial charge in [-0.05, 0) is 30.8 Å². The lowest BCUT2D eigenvalue weighted by Gasteiger charge is -2.06. The Kier molecular flexibility index (Phi) is 17.6. The zero-order valence-corrected chi connectivity index (χ0v) is 14.8. The number of carbonyl (C=O) groups excluding carboxylic acids is 1. The number of hydrogen-bond acceptors (Lipinski definition) is 4. The van der Waals surface area contributed by atoms with E-state index in [9.17, 15) is 4.79 Å². The van der Waals surface area contributed by atoms with Gasteiger partial charge >= 0.3 is 5.97 Å². The molecule has 0 aliphatic carbocycles. The molecule has 0 aromatic carbocycles. The number of rotatable bonds is 16. The van der Waals surface area contributed by atoms with Crippen LogP contribution in [0.15, 0.2) is 0 Å². The van der Waals surface area contributed by atoms with Crippen LogP contribution in [-0.2, 0) is 14.3 Å². The molecule has 0 bridgehead atoms. The molecule has 0 N–H and O–H groups in total. The van der Waals surface area contributed by atoms with Gasteiger partial charge in [-0.15, -0.1) is 0 Å². The van der Waals surface area contributed by atoms with Crippen LogP contribution in [-0.4, -0.2) is 37.3 Å². The van der Waals surface area contributed by atoms with Crippen molar-refractivity contribution in [2.45, 2.75) is 71.6 Å². The number of carbonyl (C=O) groups is 1. The summed E-state index contributed by atoms with van der Waals surface area (Å²) in [6, 6.07) is 0. The molecule has 0 atom stereocenters. The summed E-state index contributed by atoms with van der Waals surface area (Å²) in [4.78, 5) is 11.4. The van der Waals surface area contributed by atoms with E-state index in [1.165, 1.54) is 44.3 Å². The van der Waals surface area contributed by atoms with Crippen molar-refractivity contribution in [1.29, 1.82) is 0 Å². The zero-order chi connectivity index (χ0) is 15.6. The molecular formula is C17H34O3S. The van der Waals surface area contributed by atoms with Crippen LogP contribution in [0, 0.1) is 0 Å². The van der Waals surface area contributed by atoms with Crippen molar-refractivity contribution in [1.82, 2.24) is 0 Å². The highest BCUT2D eigenvalue weighted by Crippen LogP contribution is 2.07. The number of thioether (sulfide) groups is 1. The maximum atomic E-state index is 11.4. The van der Waals surface area contributed by atoms with Crippen LogP contribution in [0.4, 0.5) is 0 Å². The van der Waals surface area contributed by atoms with Crippen molar-refractivity contribution in [2.24, 2.45) is 0 Å². The van der Waals surface area contributed by atoms with Gasteiger partial charge in [0.15, 0.2) is 0 Å². The highest BCUT2D eigenvalue weighted by Gasteiger charge is 2.02. The Bertz CT molecular complexity index is 222. The van der Waals surface area contributed by atoms with Crippen LogP contribution in [0.25, 0.3) is 0 Å². The Morgan fingerprint density at radius 3 is 2.33 bits per heavy atom. The third-order valence-electron chi connectivity index (χ3n) is 3.15. The molecule has 0 rings (SSSR count). The molecule has 0 amide bonds. The van der Waals surface area contributed by atoms with E-state index >= 15 is 0 Å². The number of ether oxygens (including phenoxy) is 2. The van der Waals surface area contributed by atoms with E-state index in [4.69, 9.17) is 9.47 Å². The van der Waals surface area contributed by atoms with E-state index in [0.717, 1.165) is 25.2 Å². The predicted molar refractivity (Wildman–Crippen MR) is 92.0 cm³/mol. The Balaban J connectivity index is 3.11. The number of unbranched alkanes of at least 4 members (excludes halogenated alkanes) is 5. The maximum Gasteiger partial charge on any atom is 0.305 e. The van der Waals surface area contributed by atoms with Gasteiger partial charge in [-0.1, -0.05) is 46.0 Å². The molecule has 0 aliphatic rings. The Morgan fingerprint density at radius 1 is 0.810 bits per heavy atom. The van der Waals surface area contributed by atoms with Gasteiger partial charge in [-0.3, -0.25) is 4.79 Å². The maximum absolute atomic E-state index is 11.4. The SMILES string of the molecule is CCCCCCCCOCCOC(=O)CCCSCCC. The van der Waals surface area contributed by atoms with Crippen LogP contribution in [0.3, 0.4) is 0 Å². The van der Waals surface area contributed by atoms with Crippen molar-refractivity contribution in [3.05, 3.63) is 0 Å². The largest absolute Gasteiger partial charge is 0.463 e. The molecule has 0 radical (unpaired) electrons. The lowest BCUT2D eigenvalue weighted by Crippen LogP contribution is -2.11. The molecule has 4 heteroatoms. The zero-order valence-electron chi connectivity index (χ0n) is 14.0. The molecule has 0 aromatic rings. The molecule has 0 saturated heterocycles. The molecule has 0 spiro atoms. The molecule has 0 unspecified atom stereocenters. The fourth-order valence-corrected chi connectivity index (χ4v) is 2.78. The minimum Gasteiger partial charge on any atom is -0.463 e. The van der Waals surface area contributed by atoms with Crippen molar-refractivity contribution in [2.75, 3.05) is 31.3 Å². The van der Waals surface area contributed by atoms with Crippen LogP contribution in [0.2, 0.25) is 0 Å². The minimum atomic E-state index is -0.0877. The van der Waals surface area contributed by atoms with Gasteiger partial charge in [0, 0.05) is 13.0 Å². The summed E-state index contributed by atoms with van der Waals surface area (Å²) in [7, 11) is 0. The van der Waals surface area contributed by atoms with Gasteiger partial charge in [0.25, 0.3) is 0 Å². The van der Waals surface area contributed by atoms with Crippen LogP contribution in [0.1, 0.15) is 71.6 Å². The second kappa shape index (κ2) is 17.8. The second-order valence-corrected chi connectivity index (χ2v) is 6.54. The Morgan fingerprint density at radius 2 is 1.57 bits per heavy atom. The van der Waals surface area contributed by atoms with E-state index < -0.39 is 0 Å². The molecule has 0 saturated carbocycles. The smallest absolute Gasteiger partial charge is 0.305 e. The summed E-state index contributed by atoms with van der Waals surface area (Å²) < 4.78 is 10.6. The topological polar surface area (TPSA) is 35.5 Å². The third-order valence-corrected chi connectivity index (χ3v) is 4.43. The van der Waals surface area contributed by atoms with Crippen molar-refractivity contribution >= 4 is 17.7 Å².